The summed E-state index contributed by atoms with van der Waals surface area (Å²) in [6.45, 7) is 6.85. The van der Waals surface area contributed by atoms with Crippen molar-refractivity contribution in [3.63, 3.8) is 0 Å². The van der Waals surface area contributed by atoms with E-state index in [2.05, 4.69) is 20.8 Å². The van der Waals surface area contributed by atoms with Gasteiger partial charge in [0, 0.05) is 0 Å². The molecule has 0 radical (unpaired) electrons. The highest BCUT2D eigenvalue weighted by molar-refractivity contribution is 4.45. The minimum Gasteiger partial charge on any atom is -0.0654 e. The zero-order valence-corrected chi connectivity index (χ0v) is 7.11. The van der Waals surface area contributed by atoms with Crippen molar-refractivity contribution in [1.29, 1.82) is 0 Å². The standard InChI is InChI=1S/C9H20/c1-4-5-6-7-8-9(2)3/h9H,4-8H2,1-3H3. The molecule has 0 rings (SSSR count). The molecule has 0 atom stereocenters. The normalized spacial score (nSPS) is 10.7. The average Bonchev–Trinajstić information content (AvgIpc) is 1.80. The fourth-order valence-electron chi connectivity index (χ4n) is 0.979. The van der Waals surface area contributed by atoms with Gasteiger partial charge in [-0.25, -0.2) is 0 Å². The first-order chi connectivity index (χ1) is 4.27. The molecule has 9 heavy (non-hydrogen) atoms. The number of hydrogen-bond donors (Lipinski definition) is 0. The Labute approximate surface area is 59.7 Å². The summed E-state index contributed by atoms with van der Waals surface area (Å²) in [5.74, 6) is 0.904. The van der Waals surface area contributed by atoms with E-state index >= 15 is 0 Å². The first kappa shape index (κ1) is 9.00. The van der Waals surface area contributed by atoms with E-state index in [1.807, 2.05) is 0 Å². The molecule has 56 valence electrons. The van der Waals surface area contributed by atoms with Crippen LogP contribution in [0, 0.1) is 5.92 Å². The molecule has 0 fully saturated rings. The Morgan fingerprint density at radius 1 is 1.00 bits per heavy atom. The lowest BCUT2D eigenvalue weighted by Gasteiger charge is -2.01. The van der Waals surface area contributed by atoms with Crippen molar-refractivity contribution >= 4 is 0 Å². The van der Waals surface area contributed by atoms with Crippen molar-refractivity contribution in [3.05, 3.63) is 0 Å². The van der Waals surface area contributed by atoms with E-state index in [1.165, 1.54) is 32.1 Å². The van der Waals surface area contributed by atoms with Gasteiger partial charge in [0.25, 0.3) is 0 Å². The van der Waals surface area contributed by atoms with Crippen LogP contribution in [0.3, 0.4) is 0 Å². The summed E-state index contributed by atoms with van der Waals surface area (Å²) in [5.41, 5.74) is 0. The van der Waals surface area contributed by atoms with Crippen molar-refractivity contribution < 1.29 is 0 Å². The SMILES string of the molecule is CCCCCCC(C)C. The molecule has 0 aliphatic carbocycles. The van der Waals surface area contributed by atoms with Gasteiger partial charge in [0.2, 0.25) is 0 Å². The third kappa shape index (κ3) is 8.00. The van der Waals surface area contributed by atoms with Gasteiger partial charge in [-0.1, -0.05) is 52.9 Å². The molecule has 0 heterocycles. The molecule has 0 aromatic rings. The van der Waals surface area contributed by atoms with E-state index in [1.54, 1.807) is 0 Å². The smallest absolute Gasteiger partial charge is 0.0471 e. The van der Waals surface area contributed by atoms with Gasteiger partial charge < -0.3 is 0 Å². The summed E-state index contributed by atoms with van der Waals surface area (Å²) >= 11 is 0. The van der Waals surface area contributed by atoms with Gasteiger partial charge in [0.05, 0.1) is 0 Å². The molecule has 0 saturated carbocycles. The summed E-state index contributed by atoms with van der Waals surface area (Å²) in [7, 11) is 0. The van der Waals surface area contributed by atoms with Crippen LogP contribution in [0.5, 0.6) is 0 Å². The Balaban J connectivity index is 2.75. The van der Waals surface area contributed by atoms with Crippen LogP contribution >= 0.6 is 0 Å². The van der Waals surface area contributed by atoms with Crippen molar-refractivity contribution in [2.45, 2.75) is 52.9 Å². The third-order valence-corrected chi connectivity index (χ3v) is 1.64. The van der Waals surface area contributed by atoms with E-state index in [0.717, 1.165) is 5.92 Å². The predicted octanol–water partition coefficient (Wildman–Crippen LogP) is 3.61. The molecule has 0 heteroatoms. The van der Waals surface area contributed by atoms with Crippen LogP contribution in [-0.2, 0) is 0 Å². The zero-order chi connectivity index (χ0) is 7.11. The Bertz CT molecular complexity index is 46.0. The molecule has 0 amide bonds. The Kier molecular flexibility index (Phi) is 6.12. The van der Waals surface area contributed by atoms with Gasteiger partial charge in [-0.2, -0.15) is 0 Å². The topological polar surface area (TPSA) is 0 Å². The first-order valence-electron chi connectivity index (χ1n) is 4.27. The molecule has 0 bridgehead atoms. The Morgan fingerprint density at radius 3 is 2.11 bits per heavy atom. The number of hydrogen-bond acceptors (Lipinski definition) is 0. The van der Waals surface area contributed by atoms with E-state index < -0.39 is 0 Å². The van der Waals surface area contributed by atoms with Crippen LogP contribution in [0.2, 0.25) is 0 Å². The Morgan fingerprint density at radius 2 is 1.67 bits per heavy atom. The van der Waals surface area contributed by atoms with E-state index in [-0.39, 0.29) is 0 Å². The second-order valence-electron chi connectivity index (χ2n) is 3.24. The van der Waals surface area contributed by atoms with Crippen molar-refractivity contribution in [3.8, 4) is 0 Å². The molecular weight excluding hydrogens is 108 g/mol. The van der Waals surface area contributed by atoms with Gasteiger partial charge in [-0.3, -0.25) is 0 Å². The lowest BCUT2D eigenvalue weighted by atomic mass is 10.1. The summed E-state index contributed by atoms with van der Waals surface area (Å²) in [6.07, 6.45) is 7.07. The molecule has 0 aliphatic rings. The van der Waals surface area contributed by atoms with Crippen LogP contribution in [-0.4, -0.2) is 0 Å². The summed E-state index contributed by atoms with van der Waals surface area (Å²) in [4.78, 5) is 0. The highest BCUT2D eigenvalue weighted by atomic mass is 14.0. The molecule has 0 N–H and O–H groups in total. The maximum Gasteiger partial charge on any atom is -0.0471 e. The van der Waals surface area contributed by atoms with E-state index in [0.29, 0.717) is 0 Å². The zero-order valence-electron chi connectivity index (χ0n) is 7.11. The van der Waals surface area contributed by atoms with Gasteiger partial charge >= 0.3 is 0 Å². The van der Waals surface area contributed by atoms with Crippen LogP contribution in [0.25, 0.3) is 0 Å². The van der Waals surface area contributed by atoms with Crippen LogP contribution in [0.1, 0.15) is 52.9 Å². The van der Waals surface area contributed by atoms with Gasteiger partial charge in [-0.05, 0) is 5.92 Å². The Hall–Kier alpha value is 0. The third-order valence-electron chi connectivity index (χ3n) is 1.64. The number of unbranched alkanes of at least 4 members (excludes halogenated alkanes) is 3. The molecule has 0 aliphatic heterocycles. The fraction of sp³-hybridized carbons (Fsp3) is 1.00. The van der Waals surface area contributed by atoms with E-state index in [9.17, 15) is 0 Å². The molecule has 0 aromatic heterocycles. The second kappa shape index (κ2) is 6.12. The number of rotatable bonds is 5. The highest BCUT2D eigenvalue weighted by Gasteiger charge is 1.91. The minimum atomic E-state index is 0.904. The maximum absolute atomic E-state index is 2.30. The maximum atomic E-state index is 2.30. The lowest BCUT2D eigenvalue weighted by molar-refractivity contribution is 0.525. The lowest BCUT2D eigenvalue weighted by Crippen LogP contribution is -1.86. The van der Waals surface area contributed by atoms with Crippen LogP contribution < -0.4 is 0 Å². The van der Waals surface area contributed by atoms with Gasteiger partial charge in [-0.15, -0.1) is 0 Å². The monoisotopic (exact) mass is 128 g/mol. The largest absolute Gasteiger partial charge is 0.0654 e. The summed E-state index contributed by atoms with van der Waals surface area (Å²) < 4.78 is 0. The predicted molar refractivity (Wildman–Crippen MR) is 43.6 cm³/mol. The average molecular weight is 128 g/mol. The van der Waals surface area contributed by atoms with Crippen LogP contribution in [0.15, 0.2) is 0 Å². The molecule has 0 spiro atoms. The van der Waals surface area contributed by atoms with Gasteiger partial charge in [0.15, 0.2) is 0 Å². The minimum absolute atomic E-state index is 0.904. The molecule has 0 saturated heterocycles. The first-order valence-corrected chi connectivity index (χ1v) is 4.27. The van der Waals surface area contributed by atoms with Crippen molar-refractivity contribution in [2.75, 3.05) is 0 Å². The van der Waals surface area contributed by atoms with Crippen LogP contribution in [0.4, 0.5) is 0 Å². The molecule has 0 aromatic carbocycles. The fourth-order valence-corrected chi connectivity index (χ4v) is 0.979. The highest BCUT2D eigenvalue weighted by Crippen LogP contribution is 2.08. The summed E-state index contributed by atoms with van der Waals surface area (Å²) in [6, 6.07) is 0. The van der Waals surface area contributed by atoms with Crippen molar-refractivity contribution in [1.82, 2.24) is 0 Å². The summed E-state index contributed by atoms with van der Waals surface area (Å²) in [5, 5.41) is 0. The van der Waals surface area contributed by atoms with Gasteiger partial charge in [0.1, 0.15) is 0 Å². The molecule has 0 unspecified atom stereocenters. The molecular formula is C9H20. The molecule has 0 nitrogen and oxygen atoms in total. The quantitative estimate of drug-likeness (QED) is 0.496. The second-order valence-corrected chi connectivity index (χ2v) is 3.24. The van der Waals surface area contributed by atoms with Crippen molar-refractivity contribution in [2.24, 2.45) is 5.92 Å². The van der Waals surface area contributed by atoms with E-state index in [4.69, 9.17) is 0 Å².